The first-order valence-electron chi connectivity index (χ1n) is 7.06. The van der Waals surface area contributed by atoms with Crippen LogP contribution in [0.3, 0.4) is 0 Å². The van der Waals surface area contributed by atoms with Gasteiger partial charge >= 0.3 is 0 Å². The Bertz CT molecular complexity index is 633. The van der Waals surface area contributed by atoms with Crippen LogP contribution in [0.5, 0.6) is 11.5 Å². The largest absolute Gasteiger partial charge is 0.493 e. The SMILES string of the molecule is CCOc1ccc(/C=N\n2c(CC)nnc2SC)cc1OC. The molecule has 0 fully saturated rings. The number of hydrogen-bond acceptors (Lipinski definition) is 6. The summed E-state index contributed by atoms with van der Waals surface area (Å²) in [5.41, 5.74) is 0.920. The Balaban J connectivity index is 2.28. The van der Waals surface area contributed by atoms with E-state index in [1.165, 1.54) is 11.8 Å². The molecule has 0 saturated carbocycles. The zero-order valence-corrected chi connectivity index (χ0v) is 14.1. The van der Waals surface area contributed by atoms with Crippen LogP contribution in [-0.4, -0.2) is 41.1 Å². The number of aryl methyl sites for hydroxylation is 1. The van der Waals surface area contributed by atoms with Crippen LogP contribution in [-0.2, 0) is 6.42 Å². The van der Waals surface area contributed by atoms with Gasteiger partial charge in [-0.3, -0.25) is 0 Å². The third-order valence-corrected chi connectivity index (χ3v) is 3.60. The fourth-order valence-corrected chi connectivity index (χ4v) is 2.37. The minimum absolute atomic E-state index is 0.599. The third-order valence-electron chi connectivity index (χ3n) is 2.99. The van der Waals surface area contributed by atoms with Crippen molar-refractivity contribution in [2.24, 2.45) is 5.10 Å². The highest BCUT2D eigenvalue weighted by Crippen LogP contribution is 2.27. The molecule has 0 bridgehead atoms. The van der Waals surface area contributed by atoms with E-state index in [4.69, 9.17) is 9.47 Å². The molecule has 1 aromatic carbocycles. The number of thioether (sulfide) groups is 1. The number of rotatable bonds is 7. The maximum atomic E-state index is 5.51. The highest BCUT2D eigenvalue weighted by molar-refractivity contribution is 7.98. The van der Waals surface area contributed by atoms with Crippen molar-refractivity contribution in [1.82, 2.24) is 14.9 Å². The van der Waals surface area contributed by atoms with Crippen molar-refractivity contribution in [3.05, 3.63) is 29.6 Å². The zero-order chi connectivity index (χ0) is 15.9. The summed E-state index contributed by atoms with van der Waals surface area (Å²) in [6.45, 7) is 4.57. The van der Waals surface area contributed by atoms with E-state index in [1.807, 2.05) is 38.3 Å². The van der Waals surface area contributed by atoms with Crippen LogP contribution >= 0.6 is 11.8 Å². The highest BCUT2D eigenvalue weighted by Gasteiger charge is 2.08. The van der Waals surface area contributed by atoms with Crippen molar-refractivity contribution in [3.63, 3.8) is 0 Å². The van der Waals surface area contributed by atoms with Crippen LogP contribution in [0.4, 0.5) is 0 Å². The first-order valence-corrected chi connectivity index (χ1v) is 8.29. The zero-order valence-electron chi connectivity index (χ0n) is 13.2. The van der Waals surface area contributed by atoms with Crippen molar-refractivity contribution < 1.29 is 9.47 Å². The molecule has 0 aliphatic heterocycles. The third kappa shape index (κ3) is 3.59. The predicted molar refractivity (Wildman–Crippen MR) is 88.3 cm³/mol. The van der Waals surface area contributed by atoms with Gasteiger partial charge in [0.2, 0.25) is 5.16 Å². The quantitative estimate of drug-likeness (QED) is 0.580. The summed E-state index contributed by atoms with van der Waals surface area (Å²) in [5, 5.41) is 13.5. The number of ether oxygens (including phenoxy) is 2. The molecular formula is C15H20N4O2S. The molecule has 0 atom stereocenters. The molecule has 118 valence electrons. The van der Waals surface area contributed by atoms with Gasteiger partial charge in [0, 0.05) is 6.42 Å². The second-order valence-corrected chi connectivity index (χ2v) is 5.13. The van der Waals surface area contributed by atoms with Gasteiger partial charge in [0.15, 0.2) is 17.3 Å². The molecule has 0 aliphatic carbocycles. The predicted octanol–water partition coefficient (Wildman–Crippen LogP) is 2.85. The van der Waals surface area contributed by atoms with Crippen molar-refractivity contribution in [2.45, 2.75) is 25.4 Å². The van der Waals surface area contributed by atoms with Gasteiger partial charge in [0.05, 0.1) is 19.9 Å². The lowest BCUT2D eigenvalue weighted by Gasteiger charge is -2.09. The minimum atomic E-state index is 0.599. The Morgan fingerprint density at radius 1 is 1.27 bits per heavy atom. The standard InChI is InChI=1S/C15H20N4O2S/c1-5-14-17-18-15(22-4)19(14)16-10-11-7-8-12(21-6-2)13(9-11)20-3/h7-10H,5-6H2,1-4H3/b16-10-. The molecule has 0 saturated heterocycles. The van der Waals surface area contributed by atoms with Crippen molar-refractivity contribution in [2.75, 3.05) is 20.0 Å². The second kappa shape index (κ2) is 7.84. The van der Waals surface area contributed by atoms with Gasteiger partial charge in [0.1, 0.15) is 0 Å². The molecular weight excluding hydrogens is 300 g/mol. The summed E-state index contributed by atoms with van der Waals surface area (Å²) in [5.74, 6) is 2.25. The van der Waals surface area contributed by atoms with E-state index >= 15 is 0 Å². The summed E-state index contributed by atoms with van der Waals surface area (Å²) >= 11 is 1.51. The van der Waals surface area contributed by atoms with Crippen LogP contribution in [0.15, 0.2) is 28.5 Å². The lowest BCUT2D eigenvalue weighted by Crippen LogP contribution is -1.99. The summed E-state index contributed by atoms with van der Waals surface area (Å²) < 4.78 is 12.6. The van der Waals surface area contributed by atoms with E-state index in [9.17, 15) is 0 Å². The van der Waals surface area contributed by atoms with E-state index in [0.29, 0.717) is 12.4 Å². The summed E-state index contributed by atoms with van der Waals surface area (Å²) in [6, 6.07) is 5.71. The smallest absolute Gasteiger partial charge is 0.211 e. The molecule has 7 heteroatoms. The molecule has 2 rings (SSSR count). The number of nitrogens with zero attached hydrogens (tertiary/aromatic N) is 4. The maximum Gasteiger partial charge on any atom is 0.211 e. The Morgan fingerprint density at radius 2 is 2.09 bits per heavy atom. The van der Waals surface area contributed by atoms with Gasteiger partial charge in [-0.15, -0.1) is 10.2 Å². The molecule has 0 amide bonds. The molecule has 0 unspecified atom stereocenters. The first kappa shape index (κ1) is 16.4. The van der Waals surface area contributed by atoms with Crippen molar-refractivity contribution in [1.29, 1.82) is 0 Å². The van der Waals surface area contributed by atoms with E-state index in [0.717, 1.165) is 28.7 Å². The van der Waals surface area contributed by atoms with Crippen LogP contribution in [0.2, 0.25) is 0 Å². The molecule has 1 heterocycles. The summed E-state index contributed by atoms with van der Waals surface area (Å²) in [4.78, 5) is 0. The Kier molecular flexibility index (Phi) is 5.83. The fraction of sp³-hybridized carbons (Fsp3) is 0.400. The highest BCUT2D eigenvalue weighted by atomic mass is 32.2. The number of aromatic nitrogens is 3. The van der Waals surface area contributed by atoms with Crippen molar-refractivity contribution in [3.8, 4) is 11.5 Å². The average Bonchev–Trinajstić information content (AvgIpc) is 2.96. The lowest BCUT2D eigenvalue weighted by atomic mass is 10.2. The van der Waals surface area contributed by atoms with Gasteiger partial charge in [-0.1, -0.05) is 18.7 Å². The summed E-state index contributed by atoms with van der Waals surface area (Å²) in [6.07, 6.45) is 4.49. The monoisotopic (exact) mass is 320 g/mol. The van der Waals surface area contributed by atoms with Gasteiger partial charge in [0.25, 0.3) is 0 Å². The molecule has 0 radical (unpaired) electrons. The molecule has 0 spiro atoms. The van der Waals surface area contributed by atoms with E-state index in [2.05, 4.69) is 15.3 Å². The van der Waals surface area contributed by atoms with Crippen molar-refractivity contribution >= 4 is 18.0 Å². The van der Waals surface area contributed by atoms with Crippen LogP contribution in [0.1, 0.15) is 25.2 Å². The molecule has 1 aromatic heterocycles. The molecule has 0 N–H and O–H groups in total. The Labute approximate surface area is 134 Å². The second-order valence-electron chi connectivity index (χ2n) is 4.36. The Hall–Kier alpha value is -2.02. The van der Waals surface area contributed by atoms with E-state index < -0.39 is 0 Å². The normalized spacial score (nSPS) is 11.1. The fourth-order valence-electron chi connectivity index (χ4n) is 1.92. The van der Waals surface area contributed by atoms with Crippen LogP contribution in [0.25, 0.3) is 0 Å². The molecule has 0 aliphatic rings. The summed E-state index contributed by atoms with van der Waals surface area (Å²) in [7, 11) is 1.62. The van der Waals surface area contributed by atoms with E-state index in [-0.39, 0.29) is 0 Å². The lowest BCUT2D eigenvalue weighted by molar-refractivity contribution is 0.311. The first-order chi connectivity index (χ1) is 10.7. The topological polar surface area (TPSA) is 61.5 Å². The van der Waals surface area contributed by atoms with Crippen LogP contribution in [0, 0.1) is 0 Å². The number of methoxy groups -OCH3 is 1. The average molecular weight is 320 g/mol. The Morgan fingerprint density at radius 3 is 2.73 bits per heavy atom. The van der Waals surface area contributed by atoms with Gasteiger partial charge in [-0.25, -0.2) is 0 Å². The molecule has 22 heavy (non-hydrogen) atoms. The molecule has 2 aromatic rings. The van der Waals surface area contributed by atoms with Gasteiger partial charge in [-0.2, -0.15) is 9.78 Å². The number of benzene rings is 1. The van der Waals surface area contributed by atoms with Gasteiger partial charge in [-0.05, 0) is 36.9 Å². The molecule has 6 nitrogen and oxygen atoms in total. The van der Waals surface area contributed by atoms with Crippen LogP contribution < -0.4 is 9.47 Å². The van der Waals surface area contributed by atoms with Gasteiger partial charge < -0.3 is 9.47 Å². The maximum absolute atomic E-state index is 5.51. The number of hydrogen-bond donors (Lipinski definition) is 0. The minimum Gasteiger partial charge on any atom is -0.493 e. The van der Waals surface area contributed by atoms with E-state index in [1.54, 1.807) is 18.0 Å².